The molecule has 1 unspecified atom stereocenters. The lowest BCUT2D eigenvalue weighted by Crippen LogP contribution is -2.64. The fourth-order valence-corrected chi connectivity index (χ4v) is 4.90. The van der Waals surface area contributed by atoms with E-state index in [2.05, 4.69) is 24.1 Å². The van der Waals surface area contributed by atoms with Crippen molar-refractivity contribution in [3.05, 3.63) is 0 Å². The van der Waals surface area contributed by atoms with E-state index in [1.54, 1.807) is 0 Å². The molecule has 144 valence electrons. The average Bonchev–Trinajstić information content (AvgIpc) is 2.46. The van der Waals surface area contributed by atoms with E-state index in [1.807, 2.05) is 20.8 Å². The quantitative estimate of drug-likeness (QED) is 0.773. The molecule has 1 atom stereocenters. The molecule has 1 spiro atoms. The van der Waals surface area contributed by atoms with Gasteiger partial charge in [0, 0.05) is 24.2 Å². The predicted molar refractivity (Wildman–Crippen MR) is 102 cm³/mol. The molecule has 3 aliphatic rings. The summed E-state index contributed by atoms with van der Waals surface area (Å²) < 4.78 is 5.68. The molecule has 1 amide bonds. The first-order valence-corrected chi connectivity index (χ1v) is 10.4. The summed E-state index contributed by atoms with van der Waals surface area (Å²) in [4.78, 5) is 14.7. The first kappa shape index (κ1) is 19.0. The molecular weight excluding hydrogens is 312 g/mol. The van der Waals surface area contributed by atoms with Gasteiger partial charge in [-0.3, -0.25) is 0 Å². The Morgan fingerprint density at radius 1 is 1.04 bits per heavy atom. The van der Waals surface area contributed by atoms with Gasteiger partial charge in [-0.25, -0.2) is 4.79 Å². The van der Waals surface area contributed by atoms with Crippen LogP contribution in [0.3, 0.4) is 0 Å². The van der Waals surface area contributed by atoms with Crippen molar-refractivity contribution < 1.29 is 9.53 Å². The Morgan fingerprint density at radius 2 is 1.68 bits per heavy atom. The zero-order chi connectivity index (χ0) is 18.3. The van der Waals surface area contributed by atoms with E-state index in [0.717, 1.165) is 32.2 Å². The number of likely N-dealkylation sites (tertiary alicyclic amines) is 1. The zero-order valence-electron chi connectivity index (χ0n) is 17.0. The van der Waals surface area contributed by atoms with E-state index in [1.165, 1.54) is 32.1 Å². The number of carbonyl (C=O) groups is 1. The van der Waals surface area contributed by atoms with Gasteiger partial charge in [-0.2, -0.15) is 0 Å². The largest absolute Gasteiger partial charge is 0.444 e. The molecule has 2 saturated carbocycles. The van der Waals surface area contributed by atoms with E-state index < -0.39 is 5.60 Å². The number of nitrogens with zero attached hydrogens (tertiary/aromatic N) is 1. The molecule has 1 saturated heterocycles. The summed E-state index contributed by atoms with van der Waals surface area (Å²) in [7, 11) is 0. The van der Waals surface area contributed by atoms with Crippen LogP contribution < -0.4 is 5.32 Å². The standard InChI is InChI=1S/C21H38N2O2/c1-19(2,3)25-18(24)23-14-9-17(15-21(23)10-6-11-21)22-16-7-12-20(4,5)13-8-16/h16-17,22H,6-15H2,1-5H3. The SMILES string of the molecule is CC1(C)CCC(NC2CCN(C(=O)OC(C)(C)C)C3(CCC3)C2)CC1. The summed E-state index contributed by atoms with van der Waals surface area (Å²) in [6.07, 6.45) is 10.8. The van der Waals surface area contributed by atoms with Crippen molar-refractivity contribution in [1.29, 1.82) is 0 Å². The van der Waals surface area contributed by atoms with Gasteiger partial charge in [0.1, 0.15) is 5.60 Å². The van der Waals surface area contributed by atoms with E-state index in [9.17, 15) is 4.79 Å². The summed E-state index contributed by atoms with van der Waals surface area (Å²) in [5, 5.41) is 3.95. The minimum atomic E-state index is -0.411. The Balaban J connectivity index is 1.57. The van der Waals surface area contributed by atoms with E-state index in [-0.39, 0.29) is 11.6 Å². The molecule has 1 aliphatic heterocycles. The fourth-order valence-electron chi connectivity index (χ4n) is 4.90. The Hall–Kier alpha value is -0.770. The van der Waals surface area contributed by atoms with Gasteiger partial charge in [-0.15, -0.1) is 0 Å². The number of nitrogens with one attached hydrogen (secondary N) is 1. The number of amides is 1. The molecule has 1 N–H and O–H groups in total. The summed E-state index contributed by atoms with van der Waals surface area (Å²) in [5.41, 5.74) is 0.172. The third-order valence-electron chi connectivity index (χ3n) is 6.61. The van der Waals surface area contributed by atoms with Crippen molar-refractivity contribution in [2.75, 3.05) is 6.54 Å². The molecule has 0 bridgehead atoms. The van der Waals surface area contributed by atoms with Gasteiger partial charge in [-0.1, -0.05) is 13.8 Å². The monoisotopic (exact) mass is 350 g/mol. The lowest BCUT2D eigenvalue weighted by atomic mass is 9.68. The molecule has 0 radical (unpaired) electrons. The van der Waals surface area contributed by atoms with Gasteiger partial charge >= 0.3 is 6.09 Å². The minimum absolute atomic E-state index is 0.0617. The number of carbonyl (C=O) groups excluding carboxylic acids is 1. The van der Waals surface area contributed by atoms with E-state index >= 15 is 0 Å². The normalized spacial score (nSPS) is 29.3. The van der Waals surface area contributed by atoms with Gasteiger partial charge < -0.3 is 15.0 Å². The van der Waals surface area contributed by atoms with Crippen LogP contribution >= 0.6 is 0 Å². The van der Waals surface area contributed by atoms with Gasteiger partial charge in [0.2, 0.25) is 0 Å². The lowest BCUT2D eigenvalue weighted by Gasteiger charge is -2.55. The number of hydrogen-bond donors (Lipinski definition) is 1. The Bertz CT molecular complexity index is 481. The minimum Gasteiger partial charge on any atom is -0.444 e. The Labute approximate surface area is 154 Å². The van der Waals surface area contributed by atoms with Crippen molar-refractivity contribution in [1.82, 2.24) is 10.2 Å². The van der Waals surface area contributed by atoms with E-state index in [4.69, 9.17) is 4.74 Å². The highest BCUT2D eigenvalue weighted by atomic mass is 16.6. The van der Waals surface area contributed by atoms with Crippen molar-refractivity contribution in [2.45, 2.75) is 116 Å². The summed E-state index contributed by atoms with van der Waals surface area (Å²) in [6.45, 7) is 11.5. The summed E-state index contributed by atoms with van der Waals surface area (Å²) >= 11 is 0. The Kier molecular flexibility index (Phi) is 5.13. The highest BCUT2D eigenvalue weighted by Crippen LogP contribution is 2.45. The summed E-state index contributed by atoms with van der Waals surface area (Å²) in [6, 6.07) is 1.23. The number of rotatable bonds is 2. The van der Waals surface area contributed by atoms with Crippen LogP contribution in [-0.4, -0.2) is 40.8 Å². The van der Waals surface area contributed by atoms with Gasteiger partial charge in [-0.05, 0) is 84.0 Å². The molecule has 4 heteroatoms. The van der Waals surface area contributed by atoms with Crippen LogP contribution in [0.1, 0.15) is 92.4 Å². The highest BCUT2D eigenvalue weighted by Gasteiger charge is 2.50. The maximum absolute atomic E-state index is 12.7. The van der Waals surface area contributed by atoms with Gasteiger partial charge in [0.05, 0.1) is 0 Å². The molecular formula is C21H38N2O2. The molecule has 1 heterocycles. The van der Waals surface area contributed by atoms with Crippen molar-refractivity contribution in [2.24, 2.45) is 5.41 Å². The fraction of sp³-hybridized carbons (Fsp3) is 0.952. The van der Waals surface area contributed by atoms with Crippen molar-refractivity contribution in [3.63, 3.8) is 0 Å². The van der Waals surface area contributed by atoms with Crippen LogP contribution in [0.15, 0.2) is 0 Å². The molecule has 3 rings (SSSR count). The highest BCUT2D eigenvalue weighted by molar-refractivity contribution is 5.69. The van der Waals surface area contributed by atoms with Crippen molar-refractivity contribution in [3.8, 4) is 0 Å². The molecule has 4 nitrogen and oxygen atoms in total. The van der Waals surface area contributed by atoms with Crippen LogP contribution in [0.4, 0.5) is 4.79 Å². The number of ether oxygens (including phenoxy) is 1. The molecule has 25 heavy (non-hydrogen) atoms. The first-order chi connectivity index (χ1) is 11.6. The second-order valence-corrected chi connectivity index (χ2v) is 10.5. The number of hydrogen-bond acceptors (Lipinski definition) is 3. The average molecular weight is 351 g/mol. The molecule has 2 aliphatic carbocycles. The van der Waals surface area contributed by atoms with Crippen LogP contribution in [0.25, 0.3) is 0 Å². The topological polar surface area (TPSA) is 41.6 Å². The second kappa shape index (κ2) is 6.75. The third kappa shape index (κ3) is 4.50. The zero-order valence-corrected chi connectivity index (χ0v) is 17.0. The van der Waals surface area contributed by atoms with Gasteiger partial charge in [0.25, 0.3) is 0 Å². The van der Waals surface area contributed by atoms with Crippen LogP contribution in [0.5, 0.6) is 0 Å². The first-order valence-electron chi connectivity index (χ1n) is 10.4. The van der Waals surface area contributed by atoms with Crippen molar-refractivity contribution >= 4 is 6.09 Å². The molecule has 0 aromatic rings. The Morgan fingerprint density at radius 3 is 2.20 bits per heavy atom. The third-order valence-corrected chi connectivity index (χ3v) is 6.61. The van der Waals surface area contributed by atoms with Crippen LogP contribution in [-0.2, 0) is 4.74 Å². The second-order valence-electron chi connectivity index (χ2n) is 10.5. The molecule has 3 fully saturated rings. The molecule has 0 aromatic carbocycles. The maximum Gasteiger partial charge on any atom is 0.410 e. The van der Waals surface area contributed by atoms with Gasteiger partial charge in [0.15, 0.2) is 0 Å². The smallest absolute Gasteiger partial charge is 0.410 e. The predicted octanol–water partition coefficient (Wildman–Crippen LogP) is 4.87. The summed E-state index contributed by atoms with van der Waals surface area (Å²) in [5.74, 6) is 0. The lowest BCUT2D eigenvalue weighted by molar-refractivity contribution is -0.0506. The number of piperidine rings is 1. The van der Waals surface area contributed by atoms with Crippen LogP contribution in [0, 0.1) is 5.41 Å². The molecule has 0 aromatic heterocycles. The van der Waals surface area contributed by atoms with Crippen LogP contribution in [0.2, 0.25) is 0 Å². The van der Waals surface area contributed by atoms with E-state index in [0.29, 0.717) is 17.5 Å². The maximum atomic E-state index is 12.7.